The minimum atomic E-state index is -0.0935. The summed E-state index contributed by atoms with van der Waals surface area (Å²) < 4.78 is 0. The van der Waals surface area contributed by atoms with E-state index in [-0.39, 0.29) is 16.9 Å². The van der Waals surface area contributed by atoms with Crippen LogP contribution < -0.4 is 0 Å². The predicted octanol–water partition coefficient (Wildman–Crippen LogP) is 6.39. The van der Waals surface area contributed by atoms with E-state index in [4.69, 9.17) is 0 Å². The second kappa shape index (κ2) is 6.31. The number of aliphatic hydroxyl groups is 1. The van der Waals surface area contributed by atoms with E-state index in [1.54, 1.807) is 5.56 Å². The van der Waals surface area contributed by atoms with Crippen LogP contribution in [0.2, 0.25) is 0 Å². The van der Waals surface area contributed by atoms with E-state index >= 15 is 0 Å². The maximum atomic E-state index is 11.5. The van der Waals surface area contributed by atoms with E-state index in [2.05, 4.69) is 19.9 Å². The van der Waals surface area contributed by atoms with Crippen LogP contribution in [0.4, 0.5) is 0 Å². The van der Waals surface area contributed by atoms with Gasteiger partial charge in [-0.25, -0.2) is 0 Å². The van der Waals surface area contributed by atoms with Gasteiger partial charge in [0.05, 0.1) is 6.10 Å². The largest absolute Gasteiger partial charge is 0.507 e. The molecule has 31 heavy (non-hydrogen) atoms. The number of aromatic hydroxyl groups is 1. The molecule has 168 valence electrons. The second-order valence-corrected chi connectivity index (χ2v) is 13.2. The Morgan fingerprint density at radius 1 is 0.935 bits per heavy atom. The predicted molar refractivity (Wildman–Crippen MR) is 123 cm³/mol. The van der Waals surface area contributed by atoms with E-state index in [0.29, 0.717) is 17.6 Å². The average Bonchev–Trinajstić information content (AvgIpc) is 3.04. The standard InChI is InChI=1S/C29H40O2/c1-16-20-3-4-22-21(7-8-28(2)24(22)5-6-26(28)30)23(20)12-25(27(16)31)29-13-17-9-18(14-29)11-19(10-17)15-29/h12,17-19,21-22,24,26,30-31H,3-11,13-15H2,1-2H3/t17?,18?,19?,21-,22+,24-,26-,28-,29?/m1/s1. The van der Waals surface area contributed by atoms with Crippen molar-refractivity contribution in [2.45, 2.75) is 108 Å². The first-order chi connectivity index (χ1) is 14.9. The number of phenolic OH excluding ortho intramolecular Hbond substituents is 1. The molecule has 5 atom stereocenters. The molecular weight excluding hydrogens is 380 g/mol. The number of hydrogen-bond donors (Lipinski definition) is 2. The first-order valence-corrected chi connectivity index (χ1v) is 13.4. The highest BCUT2D eigenvalue weighted by Crippen LogP contribution is 2.64. The quantitative estimate of drug-likeness (QED) is 0.553. The minimum absolute atomic E-state index is 0.0935. The van der Waals surface area contributed by atoms with Crippen molar-refractivity contribution in [2.24, 2.45) is 35.0 Å². The topological polar surface area (TPSA) is 40.5 Å². The van der Waals surface area contributed by atoms with Gasteiger partial charge in [-0.05, 0) is 147 Å². The van der Waals surface area contributed by atoms with Gasteiger partial charge in [0, 0.05) is 5.56 Å². The van der Waals surface area contributed by atoms with E-state index in [1.807, 2.05) is 0 Å². The van der Waals surface area contributed by atoms with Gasteiger partial charge in [-0.1, -0.05) is 13.0 Å². The molecule has 7 aliphatic rings. The van der Waals surface area contributed by atoms with Crippen molar-refractivity contribution < 1.29 is 10.2 Å². The smallest absolute Gasteiger partial charge is 0.122 e. The molecule has 6 saturated carbocycles. The summed E-state index contributed by atoms with van der Waals surface area (Å²) in [6.07, 6.45) is 15.2. The highest BCUT2D eigenvalue weighted by Gasteiger charge is 2.56. The number of phenols is 1. The van der Waals surface area contributed by atoms with Gasteiger partial charge in [-0.2, -0.15) is 0 Å². The van der Waals surface area contributed by atoms with Crippen LogP contribution in [0, 0.1) is 41.9 Å². The van der Waals surface area contributed by atoms with E-state index in [9.17, 15) is 10.2 Å². The van der Waals surface area contributed by atoms with E-state index in [0.717, 1.165) is 36.5 Å². The molecule has 0 amide bonds. The van der Waals surface area contributed by atoms with E-state index in [1.165, 1.54) is 80.9 Å². The maximum absolute atomic E-state index is 11.5. The van der Waals surface area contributed by atoms with Crippen LogP contribution in [0.3, 0.4) is 0 Å². The molecule has 0 aliphatic heterocycles. The molecular formula is C29H40O2. The summed E-state index contributed by atoms with van der Waals surface area (Å²) in [6.45, 7) is 4.59. The third-order valence-electron chi connectivity index (χ3n) is 11.8. The second-order valence-electron chi connectivity index (χ2n) is 13.2. The first-order valence-electron chi connectivity index (χ1n) is 13.4. The third-order valence-corrected chi connectivity index (χ3v) is 11.8. The van der Waals surface area contributed by atoms with Crippen LogP contribution in [0.15, 0.2) is 6.07 Å². The fourth-order valence-corrected chi connectivity index (χ4v) is 10.7. The van der Waals surface area contributed by atoms with Crippen molar-refractivity contribution in [3.63, 3.8) is 0 Å². The van der Waals surface area contributed by atoms with Crippen LogP contribution in [0.5, 0.6) is 5.75 Å². The molecule has 0 spiro atoms. The molecule has 6 fully saturated rings. The summed E-state index contributed by atoms with van der Waals surface area (Å²) in [5, 5.41) is 22.3. The number of benzene rings is 1. The normalized spacial score (nSPS) is 49.6. The van der Waals surface area contributed by atoms with Gasteiger partial charge >= 0.3 is 0 Å². The lowest BCUT2D eigenvalue weighted by atomic mass is 9.47. The van der Waals surface area contributed by atoms with E-state index < -0.39 is 0 Å². The lowest BCUT2D eigenvalue weighted by Crippen LogP contribution is -2.49. The van der Waals surface area contributed by atoms with Crippen molar-refractivity contribution in [1.82, 2.24) is 0 Å². The van der Waals surface area contributed by atoms with Gasteiger partial charge in [0.2, 0.25) is 0 Å². The molecule has 1 aromatic carbocycles. The van der Waals surface area contributed by atoms with Gasteiger partial charge < -0.3 is 10.2 Å². The zero-order chi connectivity index (χ0) is 21.1. The highest BCUT2D eigenvalue weighted by atomic mass is 16.3. The Kier molecular flexibility index (Phi) is 3.96. The van der Waals surface area contributed by atoms with Gasteiger partial charge in [-0.3, -0.25) is 0 Å². The van der Waals surface area contributed by atoms with Gasteiger partial charge in [0.25, 0.3) is 0 Å². The maximum Gasteiger partial charge on any atom is 0.122 e. The summed E-state index contributed by atoms with van der Waals surface area (Å²) in [6, 6.07) is 2.55. The lowest BCUT2D eigenvalue weighted by Gasteiger charge is -2.57. The summed E-state index contributed by atoms with van der Waals surface area (Å²) in [5.74, 6) is 5.46. The Bertz CT molecular complexity index is 896. The fourth-order valence-electron chi connectivity index (χ4n) is 10.7. The molecule has 0 aromatic heterocycles. The van der Waals surface area contributed by atoms with Crippen molar-refractivity contribution in [1.29, 1.82) is 0 Å². The SMILES string of the molecule is Cc1c(O)c(C23CC4CC(CC(C4)C2)C3)cc2c1CC[C@@H]1[C@H]3CC[C@@H](O)[C@]3(C)CC[C@@H]21. The monoisotopic (exact) mass is 420 g/mol. The number of fused-ring (bicyclic) bond motifs is 5. The minimum Gasteiger partial charge on any atom is -0.507 e. The molecule has 4 bridgehead atoms. The Balaban J connectivity index is 1.32. The Morgan fingerprint density at radius 2 is 1.61 bits per heavy atom. The van der Waals surface area contributed by atoms with Crippen molar-refractivity contribution in [3.8, 4) is 5.75 Å². The number of rotatable bonds is 1. The van der Waals surface area contributed by atoms with Crippen molar-refractivity contribution in [3.05, 3.63) is 28.3 Å². The van der Waals surface area contributed by atoms with Crippen LogP contribution in [-0.2, 0) is 11.8 Å². The Morgan fingerprint density at radius 3 is 2.29 bits per heavy atom. The summed E-state index contributed by atoms with van der Waals surface area (Å²) in [7, 11) is 0. The zero-order valence-electron chi connectivity index (χ0n) is 19.5. The lowest BCUT2D eigenvalue weighted by molar-refractivity contribution is -0.0229. The molecule has 8 rings (SSSR count). The number of hydrogen-bond acceptors (Lipinski definition) is 2. The third kappa shape index (κ3) is 2.49. The first kappa shape index (κ1) is 19.4. The fraction of sp³-hybridized carbons (Fsp3) is 0.793. The highest BCUT2D eigenvalue weighted by molar-refractivity contribution is 5.55. The van der Waals surface area contributed by atoms with Crippen LogP contribution >= 0.6 is 0 Å². The average molecular weight is 421 g/mol. The zero-order valence-corrected chi connectivity index (χ0v) is 19.5. The summed E-state index contributed by atoms with van der Waals surface area (Å²) >= 11 is 0. The van der Waals surface area contributed by atoms with Gasteiger partial charge in [0.1, 0.15) is 5.75 Å². The molecule has 0 radical (unpaired) electrons. The van der Waals surface area contributed by atoms with Crippen LogP contribution in [0.25, 0.3) is 0 Å². The molecule has 2 nitrogen and oxygen atoms in total. The summed E-state index contributed by atoms with van der Waals surface area (Å²) in [4.78, 5) is 0. The van der Waals surface area contributed by atoms with Crippen molar-refractivity contribution in [2.75, 3.05) is 0 Å². The molecule has 2 heteroatoms. The molecule has 0 heterocycles. The van der Waals surface area contributed by atoms with Gasteiger partial charge in [0.15, 0.2) is 0 Å². The van der Waals surface area contributed by atoms with Crippen LogP contribution in [0.1, 0.15) is 106 Å². The molecule has 2 N–H and O–H groups in total. The molecule has 7 aliphatic carbocycles. The number of aliphatic hydroxyl groups excluding tert-OH is 1. The Hall–Kier alpha value is -1.02. The van der Waals surface area contributed by atoms with Crippen molar-refractivity contribution >= 4 is 0 Å². The van der Waals surface area contributed by atoms with Crippen LogP contribution in [-0.4, -0.2) is 16.3 Å². The Labute approximate surface area is 187 Å². The molecule has 1 aromatic rings. The summed E-state index contributed by atoms with van der Waals surface area (Å²) in [5.41, 5.74) is 6.06. The van der Waals surface area contributed by atoms with Gasteiger partial charge in [-0.15, -0.1) is 0 Å². The molecule has 0 saturated heterocycles. The molecule has 0 unspecified atom stereocenters.